The van der Waals surface area contributed by atoms with Crippen LogP contribution in [0.15, 0.2) is 24.3 Å². The summed E-state index contributed by atoms with van der Waals surface area (Å²) in [6, 6.07) is 8.46. The van der Waals surface area contributed by atoms with Crippen molar-refractivity contribution >= 4 is 12.6 Å². The molecule has 1 aromatic rings. The molecule has 2 nitrogen and oxygen atoms in total. The van der Waals surface area contributed by atoms with Crippen LogP contribution in [0.2, 0.25) is 0 Å². The first-order valence-corrected chi connectivity index (χ1v) is 6.02. The molecule has 88 valence electrons. The minimum Gasteiger partial charge on any atom is -0.408 e. The Morgan fingerprint density at radius 1 is 1.00 bits per heavy atom. The number of benzene rings is 1. The summed E-state index contributed by atoms with van der Waals surface area (Å²) in [5, 5.41) is 0. The van der Waals surface area contributed by atoms with Gasteiger partial charge < -0.3 is 9.31 Å². The Morgan fingerprint density at radius 3 is 1.88 bits per heavy atom. The van der Waals surface area contributed by atoms with Gasteiger partial charge in [0.2, 0.25) is 0 Å². The Morgan fingerprint density at radius 2 is 1.50 bits per heavy atom. The van der Waals surface area contributed by atoms with Crippen LogP contribution in [0, 0.1) is 0 Å². The van der Waals surface area contributed by atoms with Crippen LogP contribution >= 0.6 is 0 Å². The Bertz CT molecular complexity index is 289. The second-order valence-electron chi connectivity index (χ2n) is 4.06. The van der Waals surface area contributed by atoms with Crippen LogP contribution in [-0.4, -0.2) is 20.3 Å². The normalized spacial score (nSPS) is 10.8. The maximum atomic E-state index is 5.55. The Kier molecular flexibility index (Phi) is 5.57. The summed E-state index contributed by atoms with van der Waals surface area (Å²) in [6.07, 6.45) is 0. The third kappa shape index (κ3) is 3.65. The molecule has 0 unspecified atom stereocenters. The number of hydrogen-bond acceptors (Lipinski definition) is 2. The van der Waals surface area contributed by atoms with Crippen molar-refractivity contribution in [2.24, 2.45) is 0 Å². The molecule has 0 aliphatic heterocycles. The Labute approximate surface area is 99.1 Å². The van der Waals surface area contributed by atoms with Crippen molar-refractivity contribution in [2.75, 3.05) is 13.2 Å². The molecule has 0 N–H and O–H groups in total. The molecular weight excluding hydrogens is 199 g/mol. The van der Waals surface area contributed by atoms with Gasteiger partial charge in [-0.25, -0.2) is 0 Å². The number of rotatable bonds is 6. The van der Waals surface area contributed by atoms with E-state index < -0.39 is 0 Å². The SMILES string of the molecule is CCOB(OCC)c1ccc(C(C)C)cc1. The van der Waals surface area contributed by atoms with Crippen molar-refractivity contribution in [1.82, 2.24) is 0 Å². The molecule has 0 bridgehead atoms. The minimum atomic E-state index is -0.226. The van der Waals surface area contributed by atoms with E-state index >= 15 is 0 Å². The predicted octanol–water partition coefficient (Wildman–Crippen LogP) is 2.58. The van der Waals surface area contributed by atoms with Crippen LogP contribution in [0.4, 0.5) is 0 Å². The standard InChI is InChI=1S/C13H21BO2/c1-5-15-14(16-6-2)13-9-7-12(8-10-13)11(3)4/h7-11H,5-6H2,1-4H3. The highest BCUT2D eigenvalue weighted by Crippen LogP contribution is 2.12. The topological polar surface area (TPSA) is 18.5 Å². The highest BCUT2D eigenvalue weighted by Gasteiger charge is 2.19. The van der Waals surface area contributed by atoms with E-state index in [0.717, 1.165) is 5.46 Å². The largest absolute Gasteiger partial charge is 0.493 e. The molecule has 0 saturated carbocycles. The third-order valence-corrected chi connectivity index (χ3v) is 2.51. The summed E-state index contributed by atoms with van der Waals surface area (Å²) in [6.45, 7) is 9.67. The highest BCUT2D eigenvalue weighted by molar-refractivity contribution is 6.61. The summed E-state index contributed by atoms with van der Waals surface area (Å²) < 4.78 is 11.1. The summed E-state index contributed by atoms with van der Waals surface area (Å²) in [4.78, 5) is 0. The van der Waals surface area contributed by atoms with Gasteiger partial charge in [0.05, 0.1) is 0 Å². The lowest BCUT2D eigenvalue weighted by atomic mass is 9.78. The lowest BCUT2D eigenvalue weighted by Gasteiger charge is -2.13. The quantitative estimate of drug-likeness (QED) is 0.686. The average molecular weight is 220 g/mol. The molecular formula is C13H21BO2. The van der Waals surface area contributed by atoms with E-state index in [9.17, 15) is 0 Å². The molecule has 0 aromatic heterocycles. The van der Waals surface area contributed by atoms with Gasteiger partial charge in [0.1, 0.15) is 0 Å². The fourth-order valence-electron chi connectivity index (χ4n) is 1.58. The zero-order chi connectivity index (χ0) is 12.0. The van der Waals surface area contributed by atoms with Gasteiger partial charge in [0.15, 0.2) is 0 Å². The van der Waals surface area contributed by atoms with Crippen molar-refractivity contribution in [3.63, 3.8) is 0 Å². The summed E-state index contributed by atoms with van der Waals surface area (Å²) in [7, 11) is -0.226. The Hall–Kier alpha value is -0.795. The second-order valence-corrected chi connectivity index (χ2v) is 4.06. The molecule has 0 atom stereocenters. The second kappa shape index (κ2) is 6.72. The van der Waals surface area contributed by atoms with Gasteiger partial charge in [0, 0.05) is 13.2 Å². The maximum Gasteiger partial charge on any atom is 0.493 e. The molecule has 0 amide bonds. The first-order valence-electron chi connectivity index (χ1n) is 6.02. The van der Waals surface area contributed by atoms with E-state index in [1.165, 1.54) is 5.56 Å². The molecule has 0 aliphatic carbocycles. The molecule has 1 aromatic carbocycles. The van der Waals surface area contributed by atoms with Gasteiger partial charge in [-0.2, -0.15) is 0 Å². The van der Waals surface area contributed by atoms with Gasteiger partial charge in [-0.1, -0.05) is 38.1 Å². The van der Waals surface area contributed by atoms with Crippen LogP contribution in [0.3, 0.4) is 0 Å². The molecule has 0 radical (unpaired) electrons. The van der Waals surface area contributed by atoms with E-state index in [1.54, 1.807) is 0 Å². The molecule has 0 saturated heterocycles. The fraction of sp³-hybridized carbons (Fsp3) is 0.538. The first-order chi connectivity index (χ1) is 7.69. The van der Waals surface area contributed by atoms with Crippen molar-refractivity contribution in [1.29, 1.82) is 0 Å². The average Bonchev–Trinajstić information content (AvgIpc) is 2.29. The smallest absolute Gasteiger partial charge is 0.408 e. The maximum absolute atomic E-state index is 5.55. The van der Waals surface area contributed by atoms with Crippen molar-refractivity contribution in [3.05, 3.63) is 29.8 Å². The number of hydrogen-bond donors (Lipinski definition) is 0. The van der Waals surface area contributed by atoms with Crippen LogP contribution in [0.25, 0.3) is 0 Å². The van der Waals surface area contributed by atoms with E-state index in [4.69, 9.17) is 9.31 Å². The van der Waals surface area contributed by atoms with E-state index in [-0.39, 0.29) is 7.12 Å². The molecule has 0 fully saturated rings. The zero-order valence-corrected chi connectivity index (χ0v) is 10.7. The third-order valence-electron chi connectivity index (χ3n) is 2.51. The van der Waals surface area contributed by atoms with Crippen LogP contribution in [0.5, 0.6) is 0 Å². The summed E-state index contributed by atoms with van der Waals surface area (Å²) >= 11 is 0. The lowest BCUT2D eigenvalue weighted by molar-refractivity contribution is 0.225. The molecule has 3 heteroatoms. The molecule has 0 spiro atoms. The molecule has 0 heterocycles. The first kappa shape index (κ1) is 13.3. The van der Waals surface area contributed by atoms with Gasteiger partial charge >= 0.3 is 7.12 Å². The van der Waals surface area contributed by atoms with E-state index in [2.05, 4.69) is 38.1 Å². The Balaban J connectivity index is 2.76. The van der Waals surface area contributed by atoms with Crippen molar-refractivity contribution in [2.45, 2.75) is 33.6 Å². The van der Waals surface area contributed by atoms with Crippen LogP contribution < -0.4 is 5.46 Å². The monoisotopic (exact) mass is 220 g/mol. The van der Waals surface area contributed by atoms with Crippen LogP contribution in [-0.2, 0) is 9.31 Å². The van der Waals surface area contributed by atoms with Crippen molar-refractivity contribution in [3.8, 4) is 0 Å². The van der Waals surface area contributed by atoms with E-state index in [0.29, 0.717) is 19.1 Å². The van der Waals surface area contributed by atoms with Gasteiger partial charge in [-0.3, -0.25) is 0 Å². The molecule has 16 heavy (non-hydrogen) atoms. The van der Waals surface area contributed by atoms with Gasteiger partial charge in [0.25, 0.3) is 0 Å². The van der Waals surface area contributed by atoms with E-state index in [1.807, 2.05) is 13.8 Å². The summed E-state index contributed by atoms with van der Waals surface area (Å²) in [5.74, 6) is 0.562. The van der Waals surface area contributed by atoms with Gasteiger partial charge in [-0.05, 0) is 30.8 Å². The van der Waals surface area contributed by atoms with Gasteiger partial charge in [-0.15, -0.1) is 0 Å². The fourth-order valence-corrected chi connectivity index (χ4v) is 1.58. The lowest BCUT2D eigenvalue weighted by Crippen LogP contribution is -2.37. The highest BCUT2D eigenvalue weighted by atomic mass is 16.6. The zero-order valence-electron chi connectivity index (χ0n) is 10.7. The summed E-state index contributed by atoms with van der Waals surface area (Å²) in [5.41, 5.74) is 2.43. The predicted molar refractivity (Wildman–Crippen MR) is 69.2 cm³/mol. The molecule has 0 aliphatic rings. The van der Waals surface area contributed by atoms with Crippen LogP contribution in [0.1, 0.15) is 39.2 Å². The minimum absolute atomic E-state index is 0.226. The molecule has 1 rings (SSSR count). The van der Waals surface area contributed by atoms with Crippen molar-refractivity contribution < 1.29 is 9.31 Å².